The molecule has 8 N–H and O–H groups in total. The summed E-state index contributed by atoms with van der Waals surface area (Å²) in [4.78, 5) is 49.9. The first-order valence-electron chi connectivity index (χ1n) is 11.7. The molecule has 0 aromatic heterocycles. The van der Waals surface area contributed by atoms with E-state index in [0.717, 1.165) is 5.56 Å². The lowest BCUT2D eigenvalue weighted by molar-refractivity contribution is -0.142. The van der Waals surface area contributed by atoms with Gasteiger partial charge in [0.2, 0.25) is 17.7 Å². The number of carbonyl (C=O) groups excluding carboxylic acids is 3. The van der Waals surface area contributed by atoms with E-state index in [2.05, 4.69) is 16.0 Å². The molecule has 190 valence electrons. The van der Waals surface area contributed by atoms with Gasteiger partial charge in [-0.25, -0.2) is 4.79 Å². The molecular weight excluding hydrogens is 438 g/mol. The van der Waals surface area contributed by atoms with Crippen LogP contribution in [-0.4, -0.2) is 59.5 Å². The van der Waals surface area contributed by atoms with Gasteiger partial charge < -0.3 is 32.5 Å². The molecule has 0 saturated heterocycles. The number of hydrogen-bond donors (Lipinski definition) is 6. The van der Waals surface area contributed by atoms with Gasteiger partial charge in [-0.1, -0.05) is 44.2 Å². The number of aliphatic carboxylic acids is 1. The van der Waals surface area contributed by atoms with E-state index < -0.39 is 47.9 Å². The Morgan fingerprint density at radius 2 is 1.41 bits per heavy atom. The lowest BCUT2D eigenvalue weighted by atomic mass is 10.00. The van der Waals surface area contributed by atoms with Gasteiger partial charge in [-0.15, -0.1) is 0 Å². The monoisotopic (exact) mass is 477 g/mol. The number of nitrogens with one attached hydrogen (secondary N) is 3. The van der Waals surface area contributed by atoms with Gasteiger partial charge >= 0.3 is 5.97 Å². The Bertz CT molecular complexity index is 800. The van der Waals surface area contributed by atoms with Gasteiger partial charge in [-0.3, -0.25) is 14.4 Å². The van der Waals surface area contributed by atoms with Gasteiger partial charge in [0.15, 0.2) is 0 Å². The molecular formula is C24H39N5O5. The lowest BCUT2D eigenvalue weighted by Crippen LogP contribution is -2.57. The number of benzene rings is 1. The number of carbonyl (C=O) groups is 4. The summed E-state index contributed by atoms with van der Waals surface area (Å²) in [6.07, 6.45) is 1.94. The maximum Gasteiger partial charge on any atom is 0.326 e. The number of unbranched alkanes of at least 4 members (excludes halogenated alkanes) is 1. The van der Waals surface area contributed by atoms with Gasteiger partial charge in [0.1, 0.15) is 18.1 Å². The summed E-state index contributed by atoms with van der Waals surface area (Å²) in [6, 6.07) is 5.33. The molecule has 0 aliphatic carbocycles. The smallest absolute Gasteiger partial charge is 0.326 e. The van der Waals surface area contributed by atoms with E-state index >= 15 is 0 Å². The van der Waals surface area contributed by atoms with Crippen LogP contribution in [0.4, 0.5) is 0 Å². The molecule has 0 bridgehead atoms. The number of amides is 3. The van der Waals surface area contributed by atoms with Crippen LogP contribution in [0.25, 0.3) is 0 Å². The summed E-state index contributed by atoms with van der Waals surface area (Å²) < 4.78 is 0. The molecule has 0 heterocycles. The first kappa shape index (κ1) is 29.1. The zero-order valence-electron chi connectivity index (χ0n) is 20.3. The number of carboxylic acids is 1. The first-order chi connectivity index (χ1) is 16.0. The molecule has 1 rings (SSSR count). The van der Waals surface area contributed by atoms with Gasteiger partial charge in [0.25, 0.3) is 0 Å². The van der Waals surface area contributed by atoms with Crippen molar-refractivity contribution in [3.8, 4) is 0 Å². The van der Waals surface area contributed by atoms with E-state index in [4.69, 9.17) is 11.5 Å². The maximum atomic E-state index is 13.2. The third kappa shape index (κ3) is 10.8. The summed E-state index contributed by atoms with van der Waals surface area (Å²) in [5.41, 5.74) is 11.9. The standard InChI is InChI=1S/C24H39N5O5/c1-15(2)13-19(22(31)27-18(24(33)34)11-7-8-12-25)29-23(32)20(28-21(30)16(3)26)14-17-9-5-4-6-10-17/h4-6,9-10,15-16,18-20H,7-8,11-14,25-26H2,1-3H3,(H,27,31)(H,28,30)(H,29,32)(H,33,34). The van der Waals surface area contributed by atoms with Crippen molar-refractivity contribution in [3.63, 3.8) is 0 Å². The summed E-state index contributed by atoms with van der Waals surface area (Å²) in [5, 5.41) is 17.4. The fourth-order valence-electron chi connectivity index (χ4n) is 3.36. The van der Waals surface area contributed by atoms with Gasteiger partial charge in [0, 0.05) is 6.42 Å². The second-order valence-corrected chi connectivity index (χ2v) is 8.91. The highest BCUT2D eigenvalue weighted by atomic mass is 16.4. The van der Waals surface area contributed by atoms with E-state index in [0.29, 0.717) is 25.8 Å². The Labute approximate surface area is 201 Å². The van der Waals surface area contributed by atoms with Crippen molar-refractivity contribution >= 4 is 23.7 Å². The maximum absolute atomic E-state index is 13.2. The predicted molar refractivity (Wildman–Crippen MR) is 130 cm³/mol. The van der Waals surface area contributed by atoms with Crippen molar-refractivity contribution in [3.05, 3.63) is 35.9 Å². The number of hydrogen-bond acceptors (Lipinski definition) is 6. The average Bonchev–Trinajstić information content (AvgIpc) is 2.77. The van der Waals surface area contributed by atoms with E-state index in [-0.39, 0.29) is 18.8 Å². The zero-order chi connectivity index (χ0) is 25.7. The minimum atomic E-state index is -1.15. The molecule has 34 heavy (non-hydrogen) atoms. The van der Waals surface area contributed by atoms with Crippen molar-refractivity contribution in [1.29, 1.82) is 0 Å². The van der Waals surface area contributed by atoms with Crippen LogP contribution in [0.5, 0.6) is 0 Å². The predicted octanol–water partition coefficient (Wildman–Crippen LogP) is 0.290. The largest absolute Gasteiger partial charge is 0.480 e. The molecule has 10 nitrogen and oxygen atoms in total. The molecule has 0 aliphatic rings. The fraction of sp³-hybridized carbons (Fsp3) is 0.583. The number of rotatable bonds is 15. The SMILES string of the molecule is CC(C)CC(NC(=O)C(Cc1ccccc1)NC(=O)C(C)N)C(=O)NC(CCCCN)C(=O)O. The Kier molecular flexibility index (Phi) is 12.8. The van der Waals surface area contributed by atoms with E-state index in [1.54, 1.807) is 0 Å². The van der Waals surface area contributed by atoms with E-state index in [1.165, 1.54) is 6.92 Å². The van der Waals surface area contributed by atoms with Crippen LogP contribution in [0.2, 0.25) is 0 Å². The van der Waals surface area contributed by atoms with Crippen LogP contribution in [-0.2, 0) is 25.6 Å². The first-order valence-corrected chi connectivity index (χ1v) is 11.7. The molecule has 0 saturated carbocycles. The third-order valence-corrected chi connectivity index (χ3v) is 5.23. The fourth-order valence-corrected chi connectivity index (χ4v) is 3.36. The van der Waals surface area contributed by atoms with Crippen molar-refractivity contribution in [2.24, 2.45) is 17.4 Å². The summed E-state index contributed by atoms with van der Waals surface area (Å²) in [5.74, 6) is -2.73. The highest BCUT2D eigenvalue weighted by Crippen LogP contribution is 2.09. The Balaban J connectivity index is 3.01. The number of carboxylic acid groups (broad SMARTS) is 1. The molecule has 4 unspecified atom stereocenters. The summed E-state index contributed by atoms with van der Waals surface area (Å²) >= 11 is 0. The van der Waals surface area contributed by atoms with Crippen LogP contribution < -0.4 is 27.4 Å². The van der Waals surface area contributed by atoms with Gasteiger partial charge in [-0.05, 0) is 50.6 Å². The van der Waals surface area contributed by atoms with E-state index in [1.807, 2.05) is 44.2 Å². The van der Waals surface area contributed by atoms with Crippen LogP contribution in [0.15, 0.2) is 30.3 Å². The Hall–Kier alpha value is -2.98. The third-order valence-electron chi connectivity index (χ3n) is 5.23. The van der Waals surface area contributed by atoms with E-state index in [9.17, 15) is 24.3 Å². The lowest BCUT2D eigenvalue weighted by Gasteiger charge is -2.26. The Morgan fingerprint density at radius 1 is 0.853 bits per heavy atom. The molecule has 1 aromatic rings. The van der Waals surface area contributed by atoms with Crippen molar-refractivity contribution < 1.29 is 24.3 Å². The Morgan fingerprint density at radius 3 is 1.94 bits per heavy atom. The van der Waals surface area contributed by atoms with Crippen LogP contribution >= 0.6 is 0 Å². The highest BCUT2D eigenvalue weighted by Gasteiger charge is 2.30. The minimum Gasteiger partial charge on any atom is -0.480 e. The van der Waals surface area contributed by atoms with Gasteiger partial charge in [-0.2, -0.15) is 0 Å². The minimum absolute atomic E-state index is 0.0443. The van der Waals surface area contributed by atoms with Crippen LogP contribution in [0.1, 0.15) is 52.0 Å². The van der Waals surface area contributed by atoms with Crippen molar-refractivity contribution in [1.82, 2.24) is 16.0 Å². The van der Waals surface area contributed by atoms with Crippen LogP contribution in [0.3, 0.4) is 0 Å². The highest BCUT2D eigenvalue weighted by molar-refractivity contribution is 5.94. The number of nitrogens with two attached hydrogens (primary N) is 2. The zero-order valence-corrected chi connectivity index (χ0v) is 20.3. The second-order valence-electron chi connectivity index (χ2n) is 8.91. The second kappa shape index (κ2) is 15.0. The van der Waals surface area contributed by atoms with Crippen molar-refractivity contribution in [2.75, 3.05) is 6.54 Å². The average molecular weight is 478 g/mol. The topological polar surface area (TPSA) is 177 Å². The summed E-state index contributed by atoms with van der Waals surface area (Å²) in [7, 11) is 0. The molecule has 0 radical (unpaired) electrons. The molecule has 0 aliphatic heterocycles. The van der Waals surface area contributed by atoms with Gasteiger partial charge in [0.05, 0.1) is 6.04 Å². The molecule has 3 amide bonds. The molecule has 1 aromatic carbocycles. The summed E-state index contributed by atoms with van der Waals surface area (Å²) in [6.45, 7) is 5.73. The van der Waals surface area contributed by atoms with Crippen molar-refractivity contribution in [2.45, 2.75) is 77.0 Å². The normalized spacial score (nSPS) is 14.5. The molecule has 0 fully saturated rings. The molecule has 0 spiro atoms. The molecule has 4 atom stereocenters. The molecule has 10 heteroatoms. The van der Waals surface area contributed by atoms with Crippen LogP contribution in [0, 0.1) is 5.92 Å². The quantitative estimate of drug-likeness (QED) is 0.197.